The summed E-state index contributed by atoms with van der Waals surface area (Å²) in [4.78, 5) is 0.454. The Balaban J connectivity index is 0.00000196. The van der Waals surface area contributed by atoms with Crippen molar-refractivity contribution in [1.29, 1.82) is 0 Å². The molecule has 1 rings (SSSR count). The minimum Gasteiger partial charge on any atom is -0.449 e. The predicted octanol–water partition coefficient (Wildman–Crippen LogP) is -0.110. The Morgan fingerprint density at radius 3 is 2.33 bits per heavy atom. The zero-order valence-electron chi connectivity index (χ0n) is 8.17. The van der Waals surface area contributed by atoms with Gasteiger partial charge in [0.1, 0.15) is 0 Å². The average molecular weight is 254 g/mol. The van der Waals surface area contributed by atoms with Crippen LogP contribution in [0.4, 0.5) is 12.9 Å². The molecule has 0 heterocycles. The third-order valence-corrected chi connectivity index (χ3v) is 1.87. The van der Waals surface area contributed by atoms with Crippen LogP contribution < -0.4 is 51.4 Å². The van der Waals surface area contributed by atoms with Gasteiger partial charge in [0.2, 0.25) is 0 Å². The van der Waals surface area contributed by atoms with Gasteiger partial charge in [-0.1, -0.05) is 17.8 Å². The molecule has 0 aliphatic carbocycles. The fraction of sp³-hybridized carbons (Fsp3) is 0.111. The Morgan fingerprint density at radius 2 is 1.87 bits per heavy atom. The van der Waals surface area contributed by atoms with E-state index in [2.05, 4.69) is 18.5 Å². The van der Waals surface area contributed by atoms with Crippen molar-refractivity contribution in [3.63, 3.8) is 0 Å². The summed E-state index contributed by atoms with van der Waals surface area (Å²) in [5.74, 6) is 2.28. The molecule has 0 unspecified atom stereocenters. The van der Waals surface area contributed by atoms with Gasteiger partial charge in [-0.25, -0.2) is 0 Å². The van der Waals surface area contributed by atoms with Crippen LogP contribution in [-0.4, -0.2) is 6.98 Å². The van der Waals surface area contributed by atoms with E-state index in [1.807, 2.05) is 0 Å². The second kappa shape index (κ2) is 6.38. The van der Waals surface area contributed by atoms with Gasteiger partial charge in [-0.05, 0) is 18.2 Å². The van der Waals surface area contributed by atoms with Crippen LogP contribution in [0.3, 0.4) is 0 Å². The fourth-order valence-corrected chi connectivity index (χ4v) is 1.45. The minimum absolute atomic E-state index is 0. The number of rotatable bonds is 2. The number of benzene rings is 1. The van der Waals surface area contributed by atoms with Gasteiger partial charge in [0.25, 0.3) is 0 Å². The van der Waals surface area contributed by atoms with Crippen LogP contribution >= 0.6 is 12.6 Å². The molecule has 0 N–H and O–H groups in total. The summed E-state index contributed by atoms with van der Waals surface area (Å²) in [5, 5.41) is 0. The SMILES string of the molecule is C#Cc1cc(S)cc(C[B-](F)(F)F)c1.[K+]. The van der Waals surface area contributed by atoms with Crippen molar-refractivity contribution in [1.82, 2.24) is 0 Å². The molecule has 6 heteroatoms. The van der Waals surface area contributed by atoms with Crippen LogP contribution in [-0.2, 0) is 6.32 Å². The molecule has 0 fully saturated rings. The van der Waals surface area contributed by atoms with Gasteiger partial charge in [-0.3, -0.25) is 0 Å². The molecule has 0 radical (unpaired) electrons. The molecule has 0 nitrogen and oxygen atoms in total. The van der Waals surface area contributed by atoms with Crippen LogP contribution in [0.2, 0.25) is 0 Å². The van der Waals surface area contributed by atoms with Crippen molar-refractivity contribution in [3.05, 3.63) is 29.3 Å². The van der Waals surface area contributed by atoms with E-state index >= 15 is 0 Å². The van der Waals surface area contributed by atoms with Crippen molar-refractivity contribution in [2.24, 2.45) is 0 Å². The molecule has 0 aromatic heterocycles. The van der Waals surface area contributed by atoms with E-state index in [4.69, 9.17) is 6.42 Å². The first-order valence-corrected chi connectivity index (χ1v) is 4.36. The predicted molar refractivity (Wildman–Crippen MR) is 54.4 cm³/mol. The standard InChI is InChI=1S/C9H7BF3S.K/c1-2-7-3-8(5-9(14)4-7)6-10(11,12)13;/h1,3-5,14H,6H2;/q-1;+1. The monoisotopic (exact) mass is 254 g/mol. The number of hydrogen-bond acceptors (Lipinski definition) is 1. The maximum Gasteiger partial charge on any atom is 1.00 e. The second-order valence-corrected chi connectivity index (χ2v) is 3.46. The summed E-state index contributed by atoms with van der Waals surface area (Å²) in [6, 6.07) is 4.28. The molecule has 74 valence electrons. The first-order valence-electron chi connectivity index (χ1n) is 3.91. The van der Waals surface area contributed by atoms with Crippen molar-refractivity contribution in [2.75, 3.05) is 0 Å². The van der Waals surface area contributed by atoms with Crippen molar-refractivity contribution < 1.29 is 64.3 Å². The third kappa shape index (κ3) is 6.05. The van der Waals surface area contributed by atoms with Gasteiger partial charge in [0, 0.05) is 10.5 Å². The van der Waals surface area contributed by atoms with E-state index in [1.165, 1.54) is 12.1 Å². The Kier molecular flexibility index (Phi) is 6.64. The molecule has 0 bridgehead atoms. The molecule has 0 aliphatic rings. The molecule has 0 spiro atoms. The van der Waals surface area contributed by atoms with E-state index in [-0.39, 0.29) is 56.9 Å². The van der Waals surface area contributed by atoms with Gasteiger partial charge < -0.3 is 12.9 Å². The van der Waals surface area contributed by atoms with Crippen LogP contribution in [0, 0.1) is 12.3 Å². The molecule has 1 aromatic carbocycles. The topological polar surface area (TPSA) is 0 Å². The second-order valence-electron chi connectivity index (χ2n) is 2.95. The van der Waals surface area contributed by atoms with Gasteiger partial charge >= 0.3 is 58.4 Å². The molecule has 0 atom stereocenters. The zero-order chi connectivity index (χ0) is 10.8. The maximum atomic E-state index is 12.1. The maximum absolute atomic E-state index is 12.1. The molecule has 0 saturated carbocycles. The van der Waals surface area contributed by atoms with Gasteiger partial charge in [-0.2, -0.15) is 0 Å². The largest absolute Gasteiger partial charge is 1.00 e. The molecular formula is C9H7BF3KS. The Bertz CT molecular complexity index is 384. The van der Waals surface area contributed by atoms with Crippen LogP contribution in [0.5, 0.6) is 0 Å². The summed E-state index contributed by atoms with van der Waals surface area (Å²) in [6.07, 6.45) is 4.18. The van der Waals surface area contributed by atoms with Gasteiger partial charge in [-0.15, -0.1) is 19.1 Å². The quantitative estimate of drug-likeness (QED) is 0.425. The summed E-state index contributed by atoms with van der Waals surface area (Å²) in [6.45, 7) is -4.82. The van der Waals surface area contributed by atoms with Crippen LogP contribution in [0.15, 0.2) is 23.1 Å². The minimum atomic E-state index is -4.82. The number of halogens is 3. The van der Waals surface area contributed by atoms with Crippen LogP contribution in [0.25, 0.3) is 0 Å². The Morgan fingerprint density at radius 1 is 1.27 bits per heavy atom. The molecule has 0 amide bonds. The first-order chi connectivity index (χ1) is 6.40. The third-order valence-electron chi connectivity index (χ3n) is 1.61. The average Bonchev–Trinajstić information content (AvgIpc) is 1.99. The van der Waals surface area contributed by atoms with E-state index < -0.39 is 13.3 Å². The zero-order valence-corrected chi connectivity index (χ0v) is 12.2. The smallest absolute Gasteiger partial charge is 0.449 e. The van der Waals surface area contributed by atoms with Crippen molar-refractivity contribution >= 4 is 19.6 Å². The van der Waals surface area contributed by atoms with Crippen LogP contribution in [0.1, 0.15) is 11.1 Å². The molecule has 0 aliphatic heterocycles. The van der Waals surface area contributed by atoms with E-state index in [1.54, 1.807) is 6.07 Å². The van der Waals surface area contributed by atoms with Crippen molar-refractivity contribution in [2.45, 2.75) is 11.2 Å². The number of terminal acetylenes is 1. The van der Waals surface area contributed by atoms with Crippen molar-refractivity contribution in [3.8, 4) is 12.3 Å². The first kappa shape index (κ1) is 15.6. The van der Waals surface area contributed by atoms with E-state index in [9.17, 15) is 12.9 Å². The summed E-state index contributed by atoms with van der Waals surface area (Å²) in [7, 11) is 0. The molecule has 0 saturated heterocycles. The molecule has 15 heavy (non-hydrogen) atoms. The molecule has 1 aromatic rings. The van der Waals surface area contributed by atoms with Gasteiger partial charge in [0.15, 0.2) is 0 Å². The van der Waals surface area contributed by atoms with E-state index in [0.717, 1.165) is 0 Å². The number of thiol groups is 1. The fourth-order valence-electron chi connectivity index (χ4n) is 1.14. The van der Waals surface area contributed by atoms with Gasteiger partial charge in [0.05, 0.1) is 0 Å². The van der Waals surface area contributed by atoms with E-state index in [0.29, 0.717) is 10.5 Å². The Labute approximate surface area is 135 Å². The summed E-state index contributed by atoms with van der Waals surface area (Å²) in [5.41, 5.74) is 0.588. The summed E-state index contributed by atoms with van der Waals surface area (Å²) >= 11 is 3.97. The number of hydrogen-bond donors (Lipinski definition) is 1. The Hall–Kier alpha value is 0.621. The molecular weight excluding hydrogens is 247 g/mol. The summed E-state index contributed by atoms with van der Waals surface area (Å²) < 4.78 is 36.3. The normalized spacial score (nSPS) is 10.3.